The summed E-state index contributed by atoms with van der Waals surface area (Å²) in [5, 5.41) is 4.49. The van der Waals surface area contributed by atoms with Crippen LogP contribution in [0.3, 0.4) is 0 Å². The van der Waals surface area contributed by atoms with Crippen molar-refractivity contribution in [2.24, 2.45) is 0 Å². The largest absolute Gasteiger partial charge is 0.484 e. The van der Waals surface area contributed by atoms with E-state index in [1.165, 1.54) is 29.5 Å². The molecule has 1 aromatic heterocycles. The van der Waals surface area contributed by atoms with Crippen molar-refractivity contribution in [2.75, 3.05) is 6.61 Å². The van der Waals surface area contributed by atoms with E-state index >= 15 is 0 Å². The van der Waals surface area contributed by atoms with Crippen LogP contribution in [-0.4, -0.2) is 29.6 Å². The average Bonchev–Trinajstić information content (AvgIpc) is 3.18. The third-order valence-corrected chi connectivity index (χ3v) is 5.02. The molecule has 0 bridgehead atoms. The molecule has 3 amide bonds. The molecule has 1 atom stereocenters. The van der Waals surface area contributed by atoms with Crippen molar-refractivity contribution in [3.8, 4) is 5.75 Å². The Morgan fingerprint density at radius 1 is 1.23 bits per heavy atom. The number of benzene rings is 1. The van der Waals surface area contributed by atoms with Crippen LogP contribution in [0.1, 0.15) is 17.4 Å². The Morgan fingerprint density at radius 3 is 2.65 bits per heavy atom. The molecule has 26 heavy (non-hydrogen) atoms. The Hall–Kier alpha value is -2.55. The van der Waals surface area contributed by atoms with E-state index in [1.807, 2.05) is 5.38 Å². The molecule has 1 saturated heterocycles. The van der Waals surface area contributed by atoms with E-state index in [-0.39, 0.29) is 12.3 Å². The summed E-state index contributed by atoms with van der Waals surface area (Å²) in [5.41, 5.74) is -0.654. The molecule has 2 aromatic rings. The number of thiophene rings is 1. The number of hydrogen-bond acceptors (Lipinski definition) is 4. The maximum atomic E-state index is 12.8. The lowest BCUT2D eigenvalue weighted by molar-refractivity contribution is -0.153. The van der Waals surface area contributed by atoms with Crippen LogP contribution in [-0.2, 0) is 16.9 Å². The zero-order valence-corrected chi connectivity index (χ0v) is 14.5. The Morgan fingerprint density at radius 2 is 2.00 bits per heavy atom. The number of rotatable bonds is 5. The number of nitrogens with one attached hydrogen (secondary N) is 1. The minimum Gasteiger partial charge on any atom is -0.484 e. The van der Waals surface area contributed by atoms with Crippen LogP contribution in [0, 0.1) is 0 Å². The molecule has 9 heteroatoms. The number of hydrogen-bond donors (Lipinski definition) is 1. The smallest absolute Gasteiger partial charge is 0.422 e. The topological polar surface area (TPSA) is 58.6 Å². The van der Waals surface area contributed by atoms with E-state index in [0.717, 1.165) is 4.90 Å². The maximum absolute atomic E-state index is 12.8. The van der Waals surface area contributed by atoms with Gasteiger partial charge in [0.1, 0.15) is 5.75 Å². The first kappa shape index (κ1) is 18.2. The summed E-state index contributed by atoms with van der Waals surface area (Å²) in [4.78, 5) is 26.8. The molecular weight excluding hydrogens is 369 g/mol. The van der Waals surface area contributed by atoms with Crippen LogP contribution in [0.25, 0.3) is 0 Å². The van der Waals surface area contributed by atoms with Crippen molar-refractivity contribution in [3.05, 3.63) is 52.2 Å². The highest BCUT2D eigenvalue weighted by molar-refractivity contribution is 7.10. The van der Waals surface area contributed by atoms with Crippen LogP contribution < -0.4 is 10.1 Å². The van der Waals surface area contributed by atoms with Gasteiger partial charge < -0.3 is 10.1 Å². The van der Waals surface area contributed by atoms with Crippen molar-refractivity contribution in [2.45, 2.75) is 25.2 Å². The summed E-state index contributed by atoms with van der Waals surface area (Å²) in [6.07, 6.45) is -4.44. The van der Waals surface area contributed by atoms with Crippen molar-refractivity contribution < 1.29 is 27.5 Å². The van der Waals surface area contributed by atoms with Gasteiger partial charge in [0.2, 0.25) is 0 Å². The number of amides is 3. The molecule has 1 fully saturated rings. The van der Waals surface area contributed by atoms with E-state index in [4.69, 9.17) is 4.74 Å². The monoisotopic (exact) mass is 384 g/mol. The van der Waals surface area contributed by atoms with Gasteiger partial charge in [-0.25, -0.2) is 4.79 Å². The van der Waals surface area contributed by atoms with E-state index in [9.17, 15) is 22.8 Å². The van der Waals surface area contributed by atoms with Gasteiger partial charge >= 0.3 is 12.2 Å². The second-order valence-corrected chi connectivity index (χ2v) is 6.92. The number of carbonyl (C=O) groups is 2. The van der Waals surface area contributed by atoms with E-state index < -0.39 is 30.3 Å². The number of urea groups is 1. The minimum atomic E-state index is -4.44. The third kappa shape index (κ3) is 3.67. The number of halogens is 3. The molecule has 1 aliphatic rings. The van der Waals surface area contributed by atoms with Crippen LogP contribution in [0.2, 0.25) is 0 Å². The number of ether oxygens (including phenoxy) is 1. The summed E-state index contributed by atoms with van der Waals surface area (Å²) in [7, 11) is 0. The van der Waals surface area contributed by atoms with Gasteiger partial charge in [-0.3, -0.25) is 9.69 Å². The van der Waals surface area contributed by atoms with Gasteiger partial charge in [0, 0.05) is 4.88 Å². The molecule has 5 nitrogen and oxygen atoms in total. The Balaban J connectivity index is 1.75. The van der Waals surface area contributed by atoms with Crippen LogP contribution >= 0.6 is 11.3 Å². The van der Waals surface area contributed by atoms with Gasteiger partial charge in [0.25, 0.3) is 5.91 Å². The molecular formula is C17H15F3N2O3S. The van der Waals surface area contributed by atoms with Crippen molar-refractivity contribution in [1.82, 2.24) is 10.2 Å². The molecule has 0 radical (unpaired) electrons. The average molecular weight is 384 g/mol. The fraction of sp³-hybridized carbons (Fsp3) is 0.294. The molecule has 1 aromatic carbocycles. The highest BCUT2D eigenvalue weighted by Gasteiger charge is 2.49. The summed E-state index contributed by atoms with van der Waals surface area (Å²) in [6.45, 7) is 0.160. The fourth-order valence-electron chi connectivity index (χ4n) is 2.65. The lowest BCUT2D eigenvalue weighted by Gasteiger charge is -2.20. The first-order valence-electron chi connectivity index (χ1n) is 7.66. The van der Waals surface area contributed by atoms with Gasteiger partial charge in [-0.2, -0.15) is 13.2 Å². The van der Waals surface area contributed by atoms with Gasteiger partial charge in [0.15, 0.2) is 12.1 Å². The number of carbonyl (C=O) groups excluding carboxylic acids is 2. The minimum absolute atomic E-state index is 0.0212. The highest BCUT2D eigenvalue weighted by Crippen LogP contribution is 2.32. The Kier molecular flexibility index (Phi) is 4.66. The van der Waals surface area contributed by atoms with Crippen LogP contribution in [0.4, 0.5) is 18.0 Å². The molecule has 0 saturated carbocycles. The second-order valence-electron chi connectivity index (χ2n) is 5.98. The standard InChI is InChI=1S/C17H15F3N2O3S/c1-16(13-6-3-7-26-13)14(23)22(15(24)21-16)9-11-4-2-5-12(8-11)25-10-17(18,19)20/h2-8H,9-10H2,1H3,(H,21,24)/t16-/m0/s1. The predicted molar refractivity (Wildman–Crippen MR) is 88.7 cm³/mol. The zero-order chi connectivity index (χ0) is 18.9. The van der Waals surface area contributed by atoms with E-state index in [2.05, 4.69) is 5.32 Å². The Bertz CT molecular complexity index is 823. The highest BCUT2D eigenvalue weighted by atomic mass is 32.1. The van der Waals surface area contributed by atoms with Gasteiger partial charge in [-0.05, 0) is 36.1 Å². The molecule has 3 rings (SSSR count). The lowest BCUT2D eigenvalue weighted by atomic mass is 10.0. The Labute approximate surface area is 151 Å². The molecule has 1 N–H and O–H groups in total. The number of nitrogens with zero attached hydrogens (tertiary/aromatic N) is 1. The summed E-state index contributed by atoms with van der Waals surface area (Å²) in [5.74, 6) is -0.389. The van der Waals surface area contributed by atoms with Crippen molar-refractivity contribution >= 4 is 23.3 Å². The maximum Gasteiger partial charge on any atom is 0.422 e. The molecule has 138 valence electrons. The molecule has 0 unspecified atom stereocenters. The molecule has 0 aliphatic carbocycles. The third-order valence-electron chi connectivity index (χ3n) is 3.93. The molecule has 0 spiro atoms. The van der Waals surface area contributed by atoms with Gasteiger partial charge in [0.05, 0.1) is 6.54 Å². The van der Waals surface area contributed by atoms with Crippen molar-refractivity contribution in [3.63, 3.8) is 0 Å². The first-order chi connectivity index (χ1) is 12.2. The van der Waals surface area contributed by atoms with E-state index in [1.54, 1.807) is 25.1 Å². The van der Waals surface area contributed by atoms with Gasteiger partial charge in [-0.15, -0.1) is 11.3 Å². The number of alkyl halides is 3. The first-order valence-corrected chi connectivity index (χ1v) is 8.53. The SMILES string of the molecule is C[C@@]1(c2cccs2)NC(=O)N(Cc2cccc(OCC(F)(F)F)c2)C1=O. The predicted octanol–water partition coefficient (Wildman–Crippen LogP) is 3.66. The number of imide groups is 1. The normalized spacial score (nSPS) is 20.4. The van der Waals surface area contributed by atoms with Crippen LogP contribution in [0.5, 0.6) is 5.75 Å². The molecule has 1 aliphatic heterocycles. The quantitative estimate of drug-likeness (QED) is 0.801. The summed E-state index contributed by atoms with van der Waals surface area (Å²) >= 11 is 1.36. The summed E-state index contributed by atoms with van der Waals surface area (Å²) < 4.78 is 41.5. The zero-order valence-electron chi connectivity index (χ0n) is 13.7. The fourth-order valence-corrected chi connectivity index (χ4v) is 3.49. The summed E-state index contributed by atoms with van der Waals surface area (Å²) in [6, 6.07) is 8.89. The van der Waals surface area contributed by atoms with Crippen molar-refractivity contribution in [1.29, 1.82) is 0 Å². The lowest BCUT2D eigenvalue weighted by Crippen LogP contribution is -2.40. The molecule has 2 heterocycles. The second kappa shape index (κ2) is 6.64. The van der Waals surface area contributed by atoms with Gasteiger partial charge in [-0.1, -0.05) is 18.2 Å². The van der Waals surface area contributed by atoms with E-state index in [0.29, 0.717) is 10.4 Å². The van der Waals surface area contributed by atoms with Crippen LogP contribution in [0.15, 0.2) is 41.8 Å².